The second-order valence-electron chi connectivity index (χ2n) is 5.98. The summed E-state index contributed by atoms with van der Waals surface area (Å²) in [5, 5.41) is 2.09. The lowest BCUT2D eigenvalue weighted by Gasteiger charge is -2.13. The Morgan fingerprint density at radius 1 is 1.04 bits per heavy atom. The number of H-pyrrole nitrogens is 1. The predicted molar refractivity (Wildman–Crippen MR) is 96.8 cm³/mol. The molecule has 0 aliphatic carbocycles. The van der Waals surface area contributed by atoms with Gasteiger partial charge in [-0.05, 0) is 31.2 Å². The molecule has 0 saturated heterocycles. The summed E-state index contributed by atoms with van der Waals surface area (Å²) in [4.78, 5) is 39.4. The van der Waals surface area contributed by atoms with Gasteiger partial charge in [0.2, 0.25) is 0 Å². The molecule has 0 fully saturated rings. The Labute approximate surface area is 156 Å². The molecule has 0 spiro atoms. The number of nitrogens with one attached hydrogen (secondary N) is 2. The smallest absolute Gasteiger partial charge is 0.321 e. The molecule has 2 aromatic carbocycles. The number of nitrogens with zero attached hydrogens (tertiary/aromatic N) is 1. The lowest BCUT2D eigenvalue weighted by Crippen LogP contribution is -2.38. The van der Waals surface area contributed by atoms with Crippen LogP contribution in [0.3, 0.4) is 0 Å². The van der Waals surface area contributed by atoms with Gasteiger partial charge in [0, 0.05) is 6.20 Å². The zero-order valence-corrected chi connectivity index (χ0v) is 14.5. The van der Waals surface area contributed by atoms with Gasteiger partial charge in [0.1, 0.15) is 5.56 Å². The molecule has 144 valence electrons. The molecule has 3 rings (SSSR count). The number of amides is 1. The Morgan fingerprint density at radius 3 is 2.32 bits per heavy atom. The molecule has 0 radical (unpaired) electrons. The molecule has 0 saturated carbocycles. The molecule has 1 amide bonds. The third-order valence-electron chi connectivity index (χ3n) is 3.99. The van der Waals surface area contributed by atoms with Gasteiger partial charge in [0.15, 0.2) is 0 Å². The molecule has 1 heterocycles. The maximum atomic E-state index is 13.1. The third-order valence-corrected chi connectivity index (χ3v) is 3.99. The molecular weight excluding hydrogens is 375 g/mol. The zero-order chi connectivity index (χ0) is 20.5. The number of halogens is 3. The van der Waals surface area contributed by atoms with Crippen LogP contribution in [0, 0.1) is 6.92 Å². The first kappa shape index (κ1) is 19.2. The Balaban J connectivity index is 2.03. The largest absolute Gasteiger partial charge is 0.418 e. The Bertz CT molecular complexity index is 1150. The van der Waals surface area contributed by atoms with Gasteiger partial charge in [-0.15, -0.1) is 0 Å². The highest BCUT2D eigenvalue weighted by atomic mass is 19.4. The highest BCUT2D eigenvalue weighted by Gasteiger charge is 2.33. The van der Waals surface area contributed by atoms with Crippen molar-refractivity contribution < 1.29 is 18.0 Å². The number of hydrogen-bond acceptors (Lipinski definition) is 3. The summed E-state index contributed by atoms with van der Waals surface area (Å²) in [6.45, 7) is 1.82. The molecule has 0 aliphatic heterocycles. The molecule has 0 bridgehead atoms. The molecule has 3 aromatic rings. The van der Waals surface area contributed by atoms with E-state index in [0.717, 1.165) is 28.5 Å². The summed E-state index contributed by atoms with van der Waals surface area (Å²) in [5.41, 5.74) is -2.65. The normalized spacial score (nSPS) is 11.3. The first-order valence-corrected chi connectivity index (χ1v) is 8.08. The van der Waals surface area contributed by atoms with Crippen molar-refractivity contribution in [3.05, 3.63) is 92.3 Å². The van der Waals surface area contributed by atoms with E-state index in [2.05, 4.69) is 10.3 Å². The van der Waals surface area contributed by atoms with E-state index in [9.17, 15) is 27.6 Å². The number of aromatic amines is 1. The van der Waals surface area contributed by atoms with Gasteiger partial charge in [-0.1, -0.05) is 29.8 Å². The maximum Gasteiger partial charge on any atom is 0.418 e. The molecule has 28 heavy (non-hydrogen) atoms. The predicted octanol–water partition coefficient (Wildman–Crippen LogP) is 3.11. The minimum atomic E-state index is -4.68. The van der Waals surface area contributed by atoms with E-state index in [1.165, 1.54) is 24.3 Å². The van der Waals surface area contributed by atoms with Gasteiger partial charge in [0.05, 0.1) is 16.9 Å². The van der Waals surface area contributed by atoms with Crippen LogP contribution < -0.4 is 16.6 Å². The van der Waals surface area contributed by atoms with E-state index >= 15 is 0 Å². The van der Waals surface area contributed by atoms with E-state index in [0.29, 0.717) is 0 Å². The van der Waals surface area contributed by atoms with Crippen molar-refractivity contribution in [1.29, 1.82) is 0 Å². The van der Waals surface area contributed by atoms with Crippen molar-refractivity contribution in [2.24, 2.45) is 0 Å². The molecule has 0 unspecified atom stereocenters. The number of hydrogen-bond donors (Lipinski definition) is 2. The molecule has 0 atom stereocenters. The summed E-state index contributed by atoms with van der Waals surface area (Å²) < 4.78 is 40.0. The van der Waals surface area contributed by atoms with Crippen molar-refractivity contribution in [2.45, 2.75) is 13.1 Å². The van der Waals surface area contributed by atoms with Crippen molar-refractivity contribution >= 4 is 11.6 Å². The van der Waals surface area contributed by atoms with Crippen molar-refractivity contribution in [3.63, 3.8) is 0 Å². The molecular formula is C19H14F3N3O3. The van der Waals surface area contributed by atoms with Crippen molar-refractivity contribution in [1.82, 2.24) is 9.55 Å². The molecule has 9 heteroatoms. The first-order valence-electron chi connectivity index (χ1n) is 8.08. The number of aryl methyl sites for hydroxylation is 1. The number of para-hydroxylation sites is 1. The van der Waals surface area contributed by atoms with E-state index in [1.54, 1.807) is 12.1 Å². The number of rotatable bonds is 3. The van der Waals surface area contributed by atoms with E-state index < -0.39 is 40.1 Å². The Morgan fingerprint density at radius 2 is 1.68 bits per heavy atom. The van der Waals surface area contributed by atoms with Crippen LogP contribution in [0.1, 0.15) is 21.5 Å². The molecule has 0 aliphatic rings. The van der Waals surface area contributed by atoms with Gasteiger partial charge in [-0.25, -0.2) is 9.36 Å². The monoisotopic (exact) mass is 389 g/mol. The minimum Gasteiger partial charge on any atom is -0.321 e. The molecule has 1 aromatic heterocycles. The summed E-state index contributed by atoms with van der Waals surface area (Å²) in [6, 6.07) is 10.8. The van der Waals surface area contributed by atoms with Crippen LogP contribution >= 0.6 is 0 Å². The average Bonchev–Trinajstić information content (AvgIpc) is 2.63. The summed E-state index contributed by atoms with van der Waals surface area (Å²) >= 11 is 0. The zero-order valence-electron chi connectivity index (χ0n) is 14.5. The van der Waals surface area contributed by atoms with Gasteiger partial charge < -0.3 is 10.3 Å². The highest BCUT2D eigenvalue weighted by Crippen LogP contribution is 2.34. The quantitative estimate of drug-likeness (QED) is 0.722. The second-order valence-corrected chi connectivity index (χ2v) is 5.98. The SMILES string of the molecule is Cc1ccc(-n2c(=O)[nH]cc(C(=O)Nc3ccccc3C(F)(F)F)c2=O)cc1. The van der Waals surface area contributed by atoms with Gasteiger partial charge >= 0.3 is 11.9 Å². The van der Waals surface area contributed by atoms with Gasteiger partial charge in [0.25, 0.3) is 11.5 Å². The number of aromatic nitrogens is 2. The highest BCUT2D eigenvalue weighted by molar-refractivity contribution is 6.04. The van der Waals surface area contributed by atoms with Crippen molar-refractivity contribution in [2.75, 3.05) is 5.32 Å². The molecule has 2 N–H and O–H groups in total. The fraction of sp³-hybridized carbons (Fsp3) is 0.105. The van der Waals surface area contributed by atoms with Crippen LogP contribution in [0.4, 0.5) is 18.9 Å². The second kappa shape index (κ2) is 7.18. The van der Waals surface area contributed by atoms with Crippen LogP contribution in [0.5, 0.6) is 0 Å². The van der Waals surface area contributed by atoms with Crippen LogP contribution in [-0.2, 0) is 6.18 Å². The van der Waals surface area contributed by atoms with Crippen LogP contribution in [-0.4, -0.2) is 15.5 Å². The summed E-state index contributed by atoms with van der Waals surface area (Å²) in [6.07, 6.45) is -3.81. The van der Waals surface area contributed by atoms with Gasteiger partial charge in [-0.2, -0.15) is 13.2 Å². The standard InChI is InChI=1S/C19H14F3N3O3/c1-11-6-8-12(9-7-11)25-17(27)13(10-23-18(25)28)16(26)24-15-5-3-2-4-14(15)19(20,21)22/h2-10H,1H3,(H,23,28)(H,24,26). The average molecular weight is 389 g/mol. The fourth-order valence-electron chi connectivity index (χ4n) is 2.59. The van der Waals surface area contributed by atoms with E-state index in [-0.39, 0.29) is 5.69 Å². The minimum absolute atomic E-state index is 0.224. The van der Waals surface area contributed by atoms with E-state index in [4.69, 9.17) is 0 Å². The topological polar surface area (TPSA) is 84.0 Å². The number of alkyl halides is 3. The fourth-order valence-corrected chi connectivity index (χ4v) is 2.59. The third kappa shape index (κ3) is 3.73. The molecule has 6 nitrogen and oxygen atoms in total. The van der Waals surface area contributed by atoms with Gasteiger partial charge in [-0.3, -0.25) is 9.59 Å². The van der Waals surface area contributed by atoms with Crippen LogP contribution in [0.15, 0.2) is 64.3 Å². The lowest BCUT2D eigenvalue weighted by molar-refractivity contribution is -0.136. The Kier molecular flexibility index (Phi) is 4.91. The number of benzene rings is 2. The number of carbonyl (C=O) groups is 1. The van der Waals surface area contributed by atoms with Crippen LogP contribution in [0.25, 0.3) is 5.69 Å². The number of carbonyl (C=O) groups excluding carboxylic acids is 1. The first-order chi connectivity index (χ1) is 13.2. The van der Waals surface area contributed by atoms with Crippen LogP contribution in [0.2, 0.25) is 0 Å². The van der Waals surface area contributed by atoms with E-state index in [1.807, 2.05) is 6.92 Å². The number of anilines is 1. The lowest BCUT2D eigenvalue weighted by atomic mass is 10.1. The van der Waals surface area contributed by atoms with Crippen molar-refractivity contribution in [3.8, 4) is 5.69 Å². The summed E-state index contributed by atoms with van der Waals surface area (Å²) in [7, 11) is 0. The maximum absolute atomic E-state index is 13.1. The summed E-state index contributed by atoms with van der Waals surface area (Å²) in [5.74, 6) is -1.07. The Hall–Kier alpha value is -3.62.